The number of carbonyl (C=O) groups is 3. The summed E-state index contributed by atoms with van der Waals surface area (Å²) in [5.74, 6) is -1.50. The summed E-state index contributed by atoms with van der Waals surface area (Å²) in [6, 6.07) is 17.3. The molecule has 1 saturated heterocycles. The molecule has 0 bridgehead atoms. The maximum atomic E-state index is 13.7. The molecule has 1 aliphatic heterocycles. The van der Waals surface area contributed by atoms with Crippen molar-refractivity contribution < 1.29 is 27.5 Å². The summed E-state index contributed by atoms with van der Waals surface area (Å²) < 4.78 is 34.2. The van der Waals surface area contributed by atoms with Gasteiger partial charge in [0.2, 0.25) is 15.9 Å². The third-order valence-electron chi connectivity index (χ3n) is 5.53. The molecule has 1 atom stereocenters. The minimum atomic E-state index is -4.20. The summed E-state index contributed by atoms with van der Waals surface area (Å²) in [5.41, 5.74) is 0.728. The summed E-state index contributed by atoms with van der Waals surface area (Å²) in [7, 11) is -4.20. The molecule has 8 nitrogen and oxygen atoms in total. The Balaban J connectivity index is 1.71. The molecule has 1 fully saturated rings. The minimum absolute atomic E-state index is 0.0258. The Hall–Kier alpha value is -3.05. The number of amides is 2. The standard InChI is InChI=1S/C25H20BrClN2O6S/c1-16(30)35-20-10-8-19(9-11-20)29-24(31)14-23(25(29)32)28(15-17-4-2-3-5-22(17)27)36(33,34)21-12-6-18(26)7-13-21/h2-13,23H,14-15H2,1H3. The predicted molar refractivity (Wildman–Crippen MR) is 137 cm³/mol. The van der Waals surface area contributed by atoms with Gasteiger partial charge in [-0.3, -0.25) is 14.4 Å². The molecule has 1 unspecified atom stereocenters. The summed E-state index contributed by atoms with van der Waals surface area (Å²) >= 11 is 9.60. The summed E-state index contributed by atoms with van der Waals surface area (Å²) in [5, 5.41) is 0.336. The van der Waals surface area contributed by atoms with Crippen molar-refractivity contribution in [2.75, 3.05) is 4.90 Å². The molecular formula is C25H20BrClN2O6S. The highest BCUT2D eigenvalue weighted by Crippen LogP contribution is 2.32. The van der Waals surface area contributed by atoms with Crippen LogP contribution in [0, 0.1) is 0 Å². The van der Waals surface area contributed by atoms with Gasteiger partial charge in [0.15, 0.2) is 0 Å². The molecule has 0 spiro atoms. The maximum Gasteiger partial charge on any atom is 0.308 e. The van der Waals surface area contributed by atoms with Crippen LogP contribution in [0.15, 0.2) is 82.2 Å². The Kier molecular flexibility index (Phi) is 7.60. The molecule has 3 aromatic carbocycles. The average Bonchev–Trinajstić information content (AvgIpc) is 3.12. The van der Waals surface area contributed by atoms with E-state index in [0.29, 0.717) is 15.1 Å². The number of nitrogens with zero attached hydrogens (tertiary/aromatic N) is 2. The highest BCUT2D eigenvalue weighted by Gasteiger charge is 2.47. The van der Waals surface area contributed by atoms with Crippen LogP contribution in [0.2, 0.25) is 5.02 Å². The predicted octanol–water partition coefficient (Wildman–Crippen LogP) is 4.55. The number of rotatable bonds is 7. The van der Waals surface area contributed by atoms with Gasteiger partial charge in [0.05, 0.1) is 17.0 Å². The van der Waals surface area contributed by atoms with E-state index in [1.165, 1.54) is 43.3 Å². The van der Waals surface area contributed by atoms with Crippen LogP contribution in [-0.2, 0) is 31.0 Å². The second-order valence-corrected chi connectivity index (χ2v) is 11.2. The van der Waals surface area contributed by atoms with E-state index in [0.717, 1.165) is 9.21 Å². The summed E-state index contributed by atoms with van der Waals surface area (Å²) in [6.07, 6.45) is -0.343. The normalized spacial score (nSPS) is 16.0. The topological polar surface area (TPSA) is 101 Å². The lowest BCUT2D eigenvalue weighted by Gasteiger charge is -2.27. The highest BCUT2D eigenvalue weighted by molar-refractivity contribution is 9.10. The molecule has 0 saturated carbocycles. The highest BCUT2D eigenvalue weighted by atomic mass is 79.9. The van der Waals surface area contributed by atoms with Gasteiger partial charge in [-0.1, -0.05) is 45.7 Å². The number of imide groups is 1. The van der Waals surface area contributed by atoms with E-state index >= 15 is 0 Å². The van der Waals surface area contributed by atoms with E-state index in [9.17, 15) is 22.8 Å². The molecule has 0 aromatic heterocycles. The second-order valence-electron chi connectivity index (χ2n) is 7.97. The lowest BCUT2D eigenvalue weighted by molar-refractivity contribution is -0.132. The van der Waals surface area contributed by atoms with Crippen LogP contribution in [0.5, 0.6) is 5.75 Å². The Morgan fingerprint density at radius 2 is 1.69 bits per heavy atom. The number of hydrogen-bond acceptors (Lipinski definition) is 6. The number of halogens is 2. The lowest BCUT2D eigenvalue weighted by atomic mass is 10.2. The monoisotopic (exact) mass is 590 g/mol. The van der Waals surface area contributed by atoms with Crippen LogP contribution in [-0.4, -0.2) is 36.5 Å². The number of benzene rings is 3. The first kappa shape index (κ1) is 26.0. The first-order valence-corrected chi connectivity index (χ1v) is 13.3. The van der Waals surface area contributed by atoms with Crippen molar-refractivity contribution in [3.8, 4) is 5.75 Å². The van der Waals surface area contributed by atoms with Crippen molar-refractivity contribution in [2.24, 2.45) is 0 Å². The Morgan fingerprint density at radius 1 is 1.06 bits per heavy atom. The molecule has 2 amide bonds. The van der Waals surface area contributed by atoms with E-state index in [-0.39, 0.29) is 29.3 Å². The molecule has 3 aromatic rings. The van der Waals surface area contributed by atoms with Crippen LogP contribution in [0.3, 0.4) is 0 Å². The van der Waals surface area contributed by atoms with Crippen LogP contribution < -0.4 is 9.64 Å². The largest absolute Gasteiger partial charge is 0.427 e. The number of hydrogen-bond donors (Lipinski definition) is 0. The van der Waals surface area contributed by atoms with Crippen molar-refractivity contribution >= 4 is 61.0 Å². The zero-order chi connectivity index (χ0) is 26.0. The number of esters is 1. The number of anilines is 1. The molecule has 0 aliphatic carbocycles. The van der Waals surface area contributed by atoms with Crippen LogP contribution in [0.1, 0.15) is 18.9 Å². The molecule has 36 heavy (non-hydrogen) atoms. The van der Waals surface area contributed by atoms with Gasteiger partial charge in [-0.25, -0.2) is 13.3 Å². The third-order valence-corrected chi connectivity index (χ3v) is 8.30. The maximum absolute atomic E-state index is 13.7. The van der Waals surface area contributed by atoms with Gasteiger partial charge in [0.25, 0.3) is 5.91 Å². The number of carbonyl (C=O) groups excluding carboxylic acids is 3. The summed E-state index contributed by atoms with van der Waals surface area (Å²) in [4.78, 5) is 38.5. The fourth-order valence-electron chi connectivity index (χ4n) is 3.84. The Labute approximate surface area is 221 Å². The number of ether oxygens (including phenoxy) is 1. The molecule has 186 valence electrons. The van der Waals surface area contributed by atoms with Gasteiger partial charge >= 0.3 is 5.97 Å². The second kappa shape index (κ2) is 10.5. The fourth-order valence-corrected chi connectivity index (χ4v) is 5.86. The molecule has 4 rings (SSSR count). The molecule has 0 N–H and O–H groups in total. The average molecular weight is 592 g/mol. The zero-order valence-electron chi connectivity index (χ0n) is 18.9. The number of sulfonamides is 1. The molecule has 1 heterocycles. The van der Waals surface area contributed by atoms with E-state index < -0.39 is 33.8 Å². The Bertz CT molecular complexity index is 1430. The van der Waals surface area contributed by atoms with Gasteiger partial charge in [0, 0.05) is 23.0 Å². The van der Waals surface area contributed by atoms with E-state index in [4.69, 9.17) is 16.3 Å². The van der Waals surface area contributed by atoms with Crippen LogP contribution in [0.4, 0.5) is 5.69 Å². The van der Waals surface area contributed by atoms with Gasteiger partial charge < -0.3 is 4.74 Å². The fraction of sp³-hybridized carbons (Fsp3) is 0.160. The van der Waals surface area contributed by atoms with Gasteiger partial charge in [-0.15, -0.1) is 0 Å². The SMILES string of the molecule is CC(=O)Oc1ccc(N2C(=O)CC(N(Cc3ccccc3Cl)S(=O)(=O)c3ccc(Br)cc3)C2=O)cc1. The van der Waals surface area contributed by atoms with Crippen molar-refractivity contribution in [1.29, 1.82) is 0 Å². The van der Waals surface area contributed by atoms with Crippen LogP contribution in [0.25, 0.3) is 0 Å². The Morgan fingerprint density at radius 3 is 2.31 bits per heavy atom. The van der Waals surface area contributed by atoms with Crippen LogP contribution >= 0.6 is 27.5 Å². The van der Waals surface area contributed by atoms with Crippen molar-refractivity contribution in [1.82, 2.24) is 4.31 Å². The molecular weight excluding hydrogens is 572 g/mol. The van der Waals surface area contributed by atoms with E-state index in [1.54, 1.807) is 36.4 Å². The minimum Gasteiger partial charge on any atom is -0.427 e. The quantitative estimate of drug-likeness (QED) is 0.227. The molecule has 0 radical (unpaired) electrons. The lowest BCUT2D eigenvalue weighted by Crippen LogP contribution is -2.45. The summed E-state index contributed by atoms with van der Waals surface area (Å²) in [6.45, 7) is 1.05. The van der Waals surface area contributed by atoms with Crippen molar-refractivity contribution in [3.05, 3.63) is 87.9 Å². The smallest absolute Gasteiger partial charge is 0.308 e. The van der Waals surface area contributed by atoms with Crippen molar-refractivity contribution in [2.45, 2.75) is 30.8 Å². The zero-order valence-corrected chi connectivity index (χ0v) is 22.1. The molecule has 1 aliphatic rings. The van der Waals surface area contributed by atoms with Crippen molar-refractivity contribution in [3.63, 3.8) is 0 Å². The van der Waals surface area contributed by atoms with Gasteiger partial charge in [0.1, 0.15) is 11.8 Å². The molecule has 11 heteroatoms. The van der Waals surface area contributed by atoms with Gasteiger partial charge in [-0.05, 0) is 60.2 Å². The first-order valence-electron chi connectivity index (χ1n) is 10.7. The first-order chi connectivity index (χ1) is 17.1. The van der Waals surface area contributed by atoms with E-state index in [2.05, 4.69) is 15.9 Å². The third kappa shape index (κ3) is 5.36. The van der Waals surface area contributed by atoms with E-state index in [1.807, 2.05) is 0 Å². The van der Waals surface area contributed by atoms with Gasteiger partial charge in [-0.2, -0.15) is 4.31 Å².